The zero-order valence-electron chi connectivity index (χ0n) is 8.22. The van der Waals surface area contributed by atoms with E-state index in [4.69, 9.17) is 10.00 Å². The molecule has 0 fully saturated rings. The van der Waals surface area contributed by atoms with E-state index in [1.165, 1.54) is 0 Å². The van der Waals surface area contributed by atoms with Gasteiger partial charge < -0.3 is 4.74 Å². The number of hydrogen-bond donors (Lipinski definition) is 0. The summed E-state index contributed by atoms with van der Waals surface area (Å²) in [7, 11) is 0. The zero-order valence-corrected chi connectivity index (χ0v) is 10.4. The number of nitriles is 1. The third-order valence-corrected chi connectivity index (χ3v) is 2.54. The van der Waals surface area contributed by atoms with Crippen molar-refractivity contribution >= 4 is 22.6 Å². The Bertz CT molecular complexity index is 514. The first-order valence-corrected chi connectivity index (χ1v) is 5.65. The minimum atomic E-state index is 0.546. The SMILES string of the molecule is N#Cc1ccc(Oc2ccc(I)cn2)cc1. The van der Waals surface area contributed by atoms with Gasteiger partial charge in [-0.05, 0) is 52.9 Å². The Balaban J connectivity index is 2.15. The van der Waals surface area contributed by atoms with Crippen molar-refractivity contribution in [2.24, 2.45) is 0 Å². The van der Waals surface area contributed by atoms with Crippen LogP contribution in [0.25, 0.3) is 0 Å². The summed E-state index contributed by atoms with van der Waals surface area (Å²) in [6.07, 6.45) is 1.74. The van der Waals surface area contributed by atoms with Crippen molar-refractivity contribution in [1.82, 2.24) is 4.98 Å². The van der Waals surface area contributed by atoms with Crippen LogP contribution in [0.3, 0.4) is 0 Å². The van der Waals surface area contributed by atoms with E-state index in [0.717, 1.165) is 3.57 Å². The van der Waals surface area contributed by atoms with Crippen molar-refractivity contribution in [2.45, 2.75) is 0 Å². The van der Waals surface area contributed by atoms with Gasteiger partial charge >= 0.3 is 0 Å². The summed E-state index contributed by atoms with van der Waals surface area (Å²) in [6, 6.07) is 12.7. The predicted molar refractivity (Wildman–Crippen MR) is 68.2 cm³/mol. The van der Waals surface area contributed by atoms with Crippen LogP contribution in [-0.2, 0) is 0 Å². The molecule has 0 saturated heterocycles. The van der Waals surface area contributed by atoms with Crippen LogP contribution >= 0.6 is 22.6 Å². The Morgan fingerprint density at radius 2 is 1.88 bits per heavy atom. The summed E-state index contributed by atoms with van der Waals surface area (Å²) in [5.41, 5.74) is 0.614. The van der Waals surface area contributed by atoms with E-state index >= 15 is 0 Å². The van der Waals surface area contributed by atoms with E-state index in [2.05, 4.69) is 33.6 Å². The highest BCUT2D eigenvalue weighted by molar-refractivity contribution is 14.1. The molecule has 0 radical (unpaired) electrons. The topological polar surface area (TPSA) is 45.9 Å². The van der Waals surface area contributed by atoms with Crippen LogP contribution < -0.4 is 4.74 Å². The number of benzene rings is 1. The molecule has 0 spiro atoms. The highest BCUT2D eigenvalue weighted by Crippen LogP contribution is 2.19. The van der Waals surface area contributed by atoms with Gasteiger partial charge in [-0.1, -0.05) is 0 Å². The van der Waals surface area contributed by atoms with Crippen molar-refractivity contribution in [1.29, 1.82) is 5.26 Å². The largest absolute Gasteiger partial charge is 0.439 e. The Labute approximate surface area is 107 Å². The molecule has 1 heterocycles. The Kier molecular flexibility index (Phi) is 3.37. The summed E-state index contributed by atoms with van der Waals surface area (Å²) in [5.74, 6) is 1.22. The molecule has 4 heteroatoms. The number of pyridine rings is 1. The Morgan fingerprint density at radius 3 is 2.44 bits per heavy atom. The molecule has 0 atom stereocenters. The maximum atomic E-state index is 8.64. The van der Waals surface area contributed by atoms with Crippen molar-refractivity contribution in [3.63, 3.8) is 0 Å². The van der Waals surface area contributed by atoms with Gasteiger partial charge in [0.15, 0.2) is 0 Å². The molecule has 2 rings (SSSR count). The first-order valence-electron chi connectivity index (χ1n) is 4.57. The molecule has 0 saturated carbocycles. The Morgan fingerprint density at radius 1 is 1.12 bits per heavy atom. The smallest absolute Gasteiger partial charge is 0.219 e. The fourth-order valence-electron chi connectivity index (χ4n) is 1.14. The minimum Gasteiger partial charge on any atom is -0.439 e. The molecule has 0 aliphatic carbocycles. The summed E-state index contributed by atoms with van der Waals surface area (Å²) in [4.78, 5) is 4.12. The lowest BCUT2D eigenvalue weighted by Gasteiger charge is -2.03. The fraction of sp³-hybridized carbons (Fsp3) is 0. The van der Waals surface area contributed by atoms with Crippen LogP contribution in [0.4, 0.5) is 0 Å². The van der Waals surface area contributed by atoms with E-state index in [0.29, 0.717) is 17.2 Å². The molecule has 0 bridgehead atoms. The number of nitrogens with zero attached hydrogens (tertiary/aromatic N) is 2. The zero-order chi connectivity index (χ0) is 11.4. The van der Waals surface area contributed by atoms with E-state index in [1.807, 2.05) is 6.07 Å². The summed E-state index contributed by atoms with van der Waals surface area (Å²) < 4.78 is 6.57. The molecule has 2 aromatic rings. The molecular formula is C12H7IN2O. The van der Waals surface area contributed by atoms with Crippen LogP contribution in [0, 0.1) is 14.9 Å². The van der Waals surface area contributed by atoms with Gasteiger partial charge in [0.1, 0.15) is 5.75 Å². The number of ether oxygens (including phenoxy) is 1. The maximum absolute atomic E-state index is 8.64. The first kappa shape index (κ1) is 10.9. The van der Waals surface area contributed by atoms with Crippen LogP contribution in [0.15, 0.2) is 42.6 Å². The van der Waals surface area contributed by atoms with Crippen molar-refractivity contribution in [3.8, 4) is 17.7 Å². The standard InChI is InChI=1S/C12H7IN2O/c13-10-3-6-12(15-8-10)16-11-4-1-9(7-14)2-5-11/h1-6,8H. The van der Waals surface area contributed by atoms with Crippen molar-refractivity contribution < 1.29 is 4.74 Å². The highest BCUT2D eigenvalue weighted by Gasteiger charge is 1.98. The highest BCUT2D eigenvalue weighted by atomic mass is 127. The molecule has 1 aromatic carbocycles. The lowest BCUT2D eigenvalue weighted by atomic mass is 10.2. The molecule has 0 N–H and O–H groups in total. The van der Waals surface area contributed by atoms with E-state index in [-0.39, 0.29) is 0 Å². The monoisotopic (exact) mass is 322 g/mol. The van der Waals surface area contributed by atoms with Crippen LogP contribution in [0.5, 0.6) is 11.6 Å². The molecule has 0 unspecified atom stereocenters. The van der Waals surface area contributed by atoms with Gasteiger partial charge in [-0.3, -0.25) is 0 Å². The third-order valence-electron chi connectivity index (χ3n) is 1.91. The number of rotatable bonds is 2. The summed E-state index contributed by atoms with van der Waals surface area (Å²) in [5, 5.41) is 8.64. The number of halogens is 1. The summed E-state index contributed by atoms with van der Waals surface area (Å²) in [6.45, 7) is 0. The fourth-order valence-corrected chi connectivity index (χ4v) is 1.46. The lowest BCUT2D eigenvalue weighted by molar-refractivity contribution is 0.462. The molecular weight excluding hydrogens is 315 g/mol. The van der Waals surface area contributed by atoms with Gasteiger partial charge in [0, 0.05) is 15.8 Å². The van der Waals surface area contributed by atoms with Crippen LogP contribution in [0.2, 0.25) is 0 Å². The Hall–Kier alpha value is -1.61. The van der Waals surface area contributed by atoms with Gasteiger partial charge in [0.05, 0.1) is 11.6 Å². The second kappa shape index (κ2) is 4.94. The van der Waals surface area contributed by atoms with E-state index in [9.17, 15) is 0 Å². The van der Waals surface area contributed by atoms with Gasteiger partial charge in [0.25, 0.3) is 0 Å². The van der Waals surface area contributed by atoms with Crippen molar-refractivity contribution in [3.05, 3.63) is 51.7 Å². The second-order valence-corrected chi connectivity index (χ2v) is 4.30. The number of hydrogen-bond acceptors (Lipinski definition) is 3. The number of aromatic nitrogens is 1. The molecule has 3 nitrogen and oxygen atoms in total. The van der Waals surface area contributed by atoms with E-state index in [1.54, 1.807) is 36.5 Å². The van der Waals surface area contributed by atoms with Gasteiger partial charge in [-0.15, -0.1) is 0 Å². The molecule has 0 amide bonds. The van der Waals surface area contributed by atoms with Gasteiger partial charge in [-0.2, -0.15) is 5.26 Å². The lowest BCUT2D eigenvalue weighted by Crippen LogP contribution is -1.87. The van der Waals surface area contributed by atoms with Gasteiger partial charge in [0.2, 0.25) is 5.88 Å². The quantitative estimate of drug-likeness (QED) is 0.797. The molecule has 1 aromatic heterocycles. The maximum Gasteiger partial charge on any atom is 0.219 e. The molecule has 16 heavy (non-hydrogen) atoms. The van der Waals surface area contributed by atoms with Crippen molar-refractivity contribution in [2.75, 3.05) is 0 Å². The average molecular weight is 322 g/mol. The first-order chi connectivity index (χ1) is 7.78. The van der Waals surface area contributed by atoms with E-state index < -0.39 is 0 Å². The summed E-state index contributed by atoms with van der Waals surface area (Å²) >= 11 is 2.18. The van der Waals surface area contributed by atoms with Crippen LogP contribution in [-0.4, -0.2) is 4.98 Å². The average Bonchev–Trinajstić information content (AvgIpc) is 2.33. The van der Waals surface area contributed by atoms with Gasteiger partial charge in [-0.25, -0.2) is 4.98 Å². The molecule has 0 aliphatic rings. The normalized spacial score (nSPS) is 9.50. The van der Waals surface area contributed by atoms with Crippen LogP contribution in [0.1, 0.15) is 5.56 Å². The third kappa shape index (κ3) is 2.70. The minimum absolute atomic E-state index is 0.546. The second-order valence-electron chi connectivity index (χ2n) is 3.05. The predicted octanol–water partition coefficient (Wildman–Crippen LogP) is 3.35. The molecule has 0 aliphatic heterocycles. The molecule has 78 valence electrons.